The summed E-state index contributed by atoms with van der Waals surface area (Å²) in [5.41, 5.74) is 0. The van der Waals surface area contributed by atoms with Crippen molar-refractivity contribution < 1.29 is 4.74 Å². The summed E-state index contributed by atoms with van der Waals surface area (Å²) in [7, 11) is 0. The normalized spacial score (nSPS) is 28.0. The summed E-state index contributed by atoms with van der Waals surface area (Å²) in [5, 5.41) is 3.35. The first-order valence-corrected chi connectivity index (χ1v) is 6.46. The lowest BCUT2D eigenvalue weighted by Gasteiger charge is -2.40. The number of nitrogens with zero attached hydrogens (tertiary/aromatic N) is 1. The summed E-state index contributed by atoms with van der Waals surface area (Å²) < 4.78 is 5.81. The molecule has 88 valence electrons. The van der Waals surface area contributed by atoms with E-state index in [0.29, 0.717) is 6.10 Å². The summed E-state index contributed by atoms with van der Waals surface area (Å²) in [6, 6.07) is 0.774. The molecule has 15 heavy (non-hydrogen) atoms. The second-order valence-corrected chi connectivity index (χ2v) is 4.80. The molecule has 0 aromatic heterocycles. The van der Waals surface area contributed by atoms with E-state index in [1.807, 2.05) is 0 Å². The Bertz CT molecular complexity index is 176. The fourth-order valence-corrected chi connectivity index (χ4v) is 2.45. The lowest BCUT2D eigenvalue weighted by atomic mass is 10.1. The van der Waals surface area contributed by atoms with Crippen LogP contribution in [0.15, 0.2) is 0 Å². The molecule has 1 N–H and O–H groups in total. The molecule has 0 aromatic rings. The molecule has 0 saturated carbocycles. The maximum atomic E-state index is 5.81. The number of rotatable bonds is 5. The molecule has 3 nitrogen and oxygen atoms in total. The molecule has 0 radical (unpaired) electrons. The Morgan fingerprint density at radius 3 is 2.73 bits per heavy atom. The first-order valence-electron chi connectivity index (χ1n) is 6.46. The van der Waals surface area contributed by atoms with Gasteiger partial charge in [0, 0.05) is 32.3 Å². The fraction of sp³-hybridized carbons (Fsp3) is 1.00. The van der Waals surface area contributed by atoms with Crippen molar-refractivity contribution in [3.63, 3.8) is 0 Å². The molecule has 3 heteroatoms. The van der Waals surface area contributed by atoms with Crippen LogP contribution in [0.25, 0.3) is 0 Å². The van der Waals surface area contributed by atoms with E-state index in [2.05, 4.69) is 17.1 Å². The predicted molar refractivity (Wildman–Crippen MR) is 62.1 cm³/mol. The highest BCUT2D eigenvalue weighted by Crippen LogP contribution is 2.16. The SMILES string of the molecule is CCCN(CC1CCCCO1)C1CNC1. The number of hydrogen-bond donors (Lipinski definition) is 1. The van der Waals surface area contributed by atoms with Crippen LogP contribution < -0.4 is 5.32 Å². The Labute approximate surface area is 93.2 Å². The van der Waals surface area contributed by atoms with Gasteiger partial charge in [-0.05, 0) is 32.2 Å². The summed E-state index contributed by atoms with van der Waals surface area (Å²) in [6.07, 6.45) is 5.64. The van der Waals surface area contributed by atoms with Gasteiger partial charge in [-0.15, -0.1) is 0 Å². The molecule has 2 rings (SSSR count). The Kier molecular flexibility index (Phi) is 4.42. The third-order valence-corrected chi connectivity index (χ3v) is 3.50. The Hall–Kier alpha value is -0.120. The first kappa shape index (κ1) is 11.4. The van der Waals surface area contributed by atoms with Crippen LogP contribution in [0.3, 0.4) is 0 Å². The molecule has 2 heterocycles. The van der Waals surface area contributed by atoms with Gasteiger partial charge in [0.2, 0.25) is 0 Å². The lowest BCUT2D eigenvalue weighted by molar-refractivity contribution is -0.0186. The summed E-state index contributed by atoms with van der Waals surface area (Å²) in [4.78, 5) is 2.62. The van der Waals surface area contributed by atoms with E-state index in [0.717, 1.165) is 19.2 Å². The van der Waals surface area contributed by atoms with Gasteiger partial charge in [-0.25, -0.2) is 0 Å². The summed E-state index contributed by atoms with van der Waals surface area (Å²) in [5.74, 6) is 0. The Balaban J connectivity index is 1.76. The molecule has 1 unspecified atom stereocenters. The van der Waals surface area contributed by atoms with Crippen LogP contribution >= 0.6 is 0 Å². The smallest absolute Gasteiger partial charge is 0.0702 e. The van der Waals surface area contributed by atoms with Crippen LogP contribution in [-0.2, 0) is 4.74 Å². The van der Waals surface area contributed by atoms with E-state index >= 15 is 0 Å². The van der Waals surface area contributed by atoms with Crippen molar-refractivity contribution >= 4 is 0 Å². The largest absolute Gasteiger partial charge is 0.377 e. The van der Waals surface area contributed by atoms with Gasteiger partial charge in [0.05, 0.1) is 6.10 Å². The van der Waals surface area contributed by atoms with E-state index in [1.165, 1.54) is 45.3 Å². The van der Waals surface area contributed by atoms with Crippen LogP contribution in [0.4, 0.5) is 0 Å². The summed E-state index contributed by atoms with van der Waals surface area (Å²) in [6.45, 7) is 7.97. The minimum atomic E-state index is 0.505. The quantitative estimate of drug-likeness (QED) is 0.742. The van der Waals surface area contributed by atoms with Crippen molar-refractivity contribution in [1.82, 2.24) is 10.2 Å². The number of ether oxygens (including phenoxy) is 1. The van der Waals surface area contributed by atoms with Gasteiger partial charge < -0.3 is 10.1 Å². The van der Waals surface area contributed by atoms with Crippen LogP contribution in [0.1, 0.15) is 32.6 Å². The van der Waals surface area contributed by atoms with E-state index in [1.54, 1.807) is 0 Å². The summed E-state index contributed by atoms with van der Waals surface area (Å²) >= 11 is 0. The average molecular weight is 212 g/mol. The maximum absolute atomic E-state index is 5.81. The van der Waals surface area contributed by atoms with Crippen molar-refractivity contribution in [2.75, 3.05) is 32.8 Å². The fourth-order valence-electron chi connectivity index (χ4n) is 2.45. The first-order chi connectivity index (χ1) is 7.40. The molecule has 2 aliphatic rings. The van der Waals surface area contributed by atoms with Crippen molar-refractivity contribution in [3.05, 3.63) is 0 Å². The van der Waals surface area contributed by atoms with Gasteiger partial charge in [-0.2, -0.15) is 0 Å². The molecule has 0 aromatic carbocycles. The zero-order chi connectivity index (χ0) is 10.5. The Morgan fingerprint density at radius 2 is 2.20 bits per heavy atom. The molecular weight excluding hydrogens is 188 g/mol. The van der Waals surface area contributed by atoms with Crippen molar-refractivity contribution in [2.24, 2.45) is 0 Å². The molecule has 2 aliphatic heterocycles. The standard InChI is InChI=1S/C12H24N2O/c1-2-6-14(11-8-13-9-11)10-12-5-3-4-7-15-12/h11-13H,2-10H2,1H3. The van der Waals surface area contributed by atoms with Crippen LogP contribution in [0.2, 0.25) is 0 Å². The van der Waals surface area contributed by atoms with Gasteiger partial charge in [0.15, 0.2) is 0 Å². The molecule has 2 fully saturated rings. The molecular formula is C12H24N2O. The number of nitrogens with one attached hydrogen (secondary N) is 1. The molecule has 2 saturated heterocycles. The maximum Gasteiger partial charge on any atom is 0.0702 e. The highest BCUT2D eigenvalue weighted by Gasteiger charge is 2.26. The van der Waals surface area contributed by atoms with E-state index in [9.17, 15) is 0 Å². The molecule has 1 atom stereocenters. The van der Waals surface area contributed by atoms with Crippen molar-refractivity contribution in [2.45, 2.75) is 44.8 Å². The second kappa shape index (κ2) is 5.83. The Morgan fingerprint density at radius 1 is 1.33 bits per heavy atom. The predicted octanol–water partition coefficient (Wildman–Crippen LogP) is 1.24. The minimum Gasteiger partial charge on any atom is -0.377 e. The van der Waals surface area contributed by atoms with Crippen molar-refractivity contribution in [3.8, 4) is 0 Å². The minimum absolute atomic E-state index is 0.505. The van der Waals surface area contributed by atoms with Gasteiger partial charge >= 0.3 is 0 Å². The molecule has 0 amide bonds. The highest BCUT2D eigenvalue weighted by molar-refractivity contribution is 4.86. The van der Waals surface area contributed by atoms with Crippen LogP contribution in [0.5, 0.6) is 0 Å². The van der Waals surface area contributed by atoms with Gasteiger partial charge in [-0.1, -0.05) is 6.92 Å². The molecule has 0 spiro atoms. The van der Waals surface area contributed by atoms with Crippen LogP contribution in [0, 0.1) is 0 Å². The zero-order valence-corrected chi connectivity index (χ0v) is 9.87. The monoisotopic (exact) mass is 212 g/mol. The third-order valence-electron chi connectivity index (χ3n) is 3.50. The van der Waals surface area contributed by atoms with Gasteiger partial charge in [-0.3, -0.25) is 4.90 Å². The highest BCUT2D eigenvalue weighted by atomic mass is 16.5. The second-order valence-electron chi connectivity index (χ2n) is 4.80. The third kappa shape index (κ3) is 3.16. The molecule has 0 bridgehead atoms. The van der Waals surface area contributed by atoms with Crippen molar-refractivity contribution in [1.29, 1.82) is 0 Å². The number of hydrogen-bond acceptors (Lipinski definition) is 3. The topological polar surface area (TPSA) is 24.5 Å². The van der Waals surface area contributed by atoms with Gasteiger partial charge in [0.25, 0.3) is 0 Å². The van der Waals surface area contributed by atoms with E-state index in [4.69, 9.17) is 4.74 Å². The lowest BCUT2D eigenvalue weighted by Crippen LogP contribution is -2.58. The molecule has 0 aliphatic carbocycles. The van der Waals surface area contributed by atoms with Crippen LogP contribution in [-0.4, -0.2) is 49.8 Å². The van der Waals surface area contributed by atoms with E-state index < -0.39 is 0 Å². The van der Waals surface area contributed by atoms with Gasteiger partial charge in [0.1, 0.15) is 0 Å². The average Bonchev–Trinajstić information content (AvgIpc) is 2.17. The van der Waals surface area contributed by atoms with E-state index in [-0.39, 0.29) is 0 Å². The zero-order valence-electron chi connectivity index (χ0n) is 9.87.